The molecule has 0 fully saturated rings. The van der Waals surface area contributed by atoms with Gasteiger partial charge in [0.1, 0.15) is 6.20 Å². The van der Waals surface area contributed by atoms with Gasteiger partial charge in [0.15, 0.2) is 5.82 Å². The average molecular weight is 343 g/mol. The second-order valence-corrected chi connectivity index (χ2v) is 5.02. The van der Waals surface area contributed by atoms with Crippen molar-refractivity contribution in [2.45, 2.75) is 0 Å². The predicted octanol–water partition coefficient (Wildman–Crippen LogP) is 2.07. The largest absolute Gasteiger partial charge is 0.383 e. The Balaban J connectivity index is 1.56. The zero-order valence-corrected chi connectivity index (χ0v) is 12.8. The lowest BCUT2D eigenvalue weighted by molar-refractivity contribution is -0.391. The molecule has 0 aliphatic heterocycles. The zero-order valence-electron chi connectivity index (χ0n) is 12.8. The zero-order chi connectivity index (χ0) is 17.8. The third kappa shape index (κ3) is 3.60. The lowest BCUT2D eigenvalue weighted by Gasteiger charge is -2.07. The molecule has 0 spiro atoms. The molecular formula is C14H13N7O4. The molecule has 0 atom stereocenters. The van der Waals surface area contributed by atoms with E-state index < -0.39 is 9.85 Å². The first-order valence-electron chi connectivity index (χ1n) is 7.26. The molecule has 3 aromatic rings. The number of nitro groups is 2. The van der Waals surface area contributed by atoms with Crippen molar-refractivity contribution >= 4 is 28.7 Å². The summed E-state index contributed by atoms with van der Waals surface area (Å²) < 4.78 is 1.16. The van der Waals surface area contributed by atoms with E-state index in [0.717, 1.165) is 16.4 Å². The van der Waals surface area contributed by atoms with E-state index in [-0.39, 0.29) is 11.5 Å². The van der Waals surface area contributed by atoms with Crippen LogP contribution in [0.3, 0.4) is 0 Å². The second kappa shape index (κ2) is 6.78. The van der Waals surface area contributed by atoms with Gasteiger partial charge in [-0.3, -0.25) is 10.1 Å². The van der Waals surface area contributed by atoms with Gasteiger partial charge in [0.05, 0.1) is 4.92 Å². The molecule has 0 unspecified atom stereocenters. The van der Waals surface area contributed by atoms with Crippen LogP contribution in [0.2, 0.25) is 0 Å². The molecule has 128 valence electrons. The molecule has 25 heavy (non-hydrogen) atoms. The van der Waals surface area contributed by atoms with E-state index in [1.54, 1.807) is 24.3 Å². The van der Waals surface area contributed by atoms with Crippen LogP contribution in [0.25, 0.3) is 5.65 Å². The molecule has 0 saturated carbocycles. The van der Waals surface area contributed by atoms with E-state index in [0.29, 0.717) is 24.6 Å². The number of nitro benzene ring substituents is 1. The summed E-state index contributed by atoms with van der Waals surface area (Å²) in [6.07, 6.45) is 1.16. The molecule has 0 bridgehead atoms. The Labute approximate surface area is 140 Å². The van der Waals surface area contributed by atoms with Crippen LogP contribution in [0.4, 0.5) is 23.0 Å². The molecule has 11 heteroatoms. The number of rotatable bonds is 7. The Kier molecular flexibility index (Phi) is 4.37. The monoisotopic (exact) mass is 343 g/mol. The highest BCUT2D eigenvalue weighted by molar-refractivity contribution is 5.50. The molecular weight excluding hydrogens is 330 g/mol. The van der Waals surface area contributed by atoms with Crippen molar-refractivity contribution in [3.05, 3.63) is 62.8 Å². The lowest BCUT2D eigenvalue weighted by Crippen LogP contribution is -2.15. The lowest BCUT2D eigenvalue weighted by atomic mass is 10.3. The Hall–Kier alpha value is -3.76. The Bertz CT molecular complexity index is 923. The maximum absolute atomic E-state index is 10.9. The van der Waals surface area contributed by atoms with E-state index in [9.17, 15) is 20.2 Å². The van der Waals surface area contributed by atoms with Crippen LogP contribution in [0.1, 0.15) is 0 Å². The van der Waals surface area contributed by atoms with Crippen LogP contribution < -0.4 is 10.6 Å². The molecule has 1 aromatic carbocycles. The average Bonchev–Trinajstić information content (AvgIpc) is 3.02. The van der Waals surface area contributed by atoms with Crippen molar-refractivity contribution in [2.75, 3.05) is 23.7 Å². The number of imidazole rings is 1. The van der Waals surface area contributed by atoms with Gasteiger partial charge in [0.25, 0.3) is 5.69 Å². The Morgan fingerprint density at radius 2 is 1.68 bits per heavy atom. The highest BCUT2D eigenvalue weighted by Crippen LogP contribution is 2.16. The number of anilines is 2. The summed E-state index contributed by atoms with van der Waals surface area (Å²) in [6.45, 7) is 1.03. The van der Waals surface area contributed by atoms with Crippen LogP contribution in [-0.4, -0.2) is 37.5 Å². The first kappa shape index (κ1) is 16.1. The van der Waals surface area contributed by atoms with Gasteiger partial charge in [-0.2, -0.15) is 0 Å². The number of non-ortho nitro benzene ring substituents is 1. The number of fused-ring (bicyclic) bond motifs is 1. The van der Waals surface area contributed by atoms with Crippen LogP contribution in [0, 0.1) is 20.2 Å². The first-order chi connectivity index (χ1) is 12.0. The number of nitrogens with one attached hydrogen (secondary N) is 2. The number of aromatic nitrogens is 3. The van der Waals surface area contributed by atoms with Gasteiger partial charge in [0.2, 0.25) is 5.65 Å². The van der Waals surface area contributed by atoms with Crippen molar-refractivity contribution in [3.8, 4) is 0 Å². The van der Waals surface area contributed by atoms with E-state index in [1.165, 1.54) is 12.1 Å². The number of hydrogen-bond donors (Lipinski definition) is 2. The molecule has 3 rings (SSSR count). The second-order valence-electron chi connectivity index (χ2n) is 5.02. The summed E-state index contributed by atoms with van der Waals surface area (Å²) in [5.74, 6) is 0.266. The minimum absolute atomic E-state index is 0.0307. The van der Waals surface area contributed by atoms with E-state index in [4.69, 9.17) is 0 Å². The SMILES string of the molecule is O=[N+]([O-])c1ccc(NCCNc2ccc3ncc([N+](=O)[O-])n3n2)cc1. The summed E-state index contributed by atoms with van der Waals surface area (Å²) in [6, 6.07) is 9.39. The maximum Gasteiger partial charge on any atom is 0.368 e. The Morgan fingerprint density at radius 3 is 2.36 bits per heavy atom. The molecule has 0 saturated heterocycles. The molecule has 2 N–H and O–H groups in total. The van der Waals surface area contributed by atoms with Crippen molar-refractivity contribution in [1.82, 2.24) is 14.6 Å². The highest BCUT2D eigenvalue weighted by atomic mass is 16.6. The molecule has 11 nitrogen and oxygen atoms in total. The predicted molar refractivity (Wildman–Crippen MR) is 89.7 cm³/mol. The van der Waals surface area contributed by atoms with Crippen LogP contribution in [-0.2, 0) is 0 Å². The first-order valence-corrected chi connectivity index (χ1v) is 7.26. The van der Waals surface area contributed by atoms with Gasteiger partial charge in [-0.1, -0.05) is 9.61 Å². The van der Waals surface area contributed by atoms with E-state index >= 15 is 0 Å². The van der Waals surface area contributed by atoms with E-state index in [2.05, 4.69) is 20.7 Å². The summed E-state index contributed by atoms with van der Waals surface area (Å²) in [5.41, 5.74) is 1.17. The third-order valence-electron chi connectivity index (χ3n) is 3.37. The topological polar surface area (TPSA) is 141 Å². The standard InChI is InChI=1S/C14H13N7O4/c22-20(23)11-3-1-10(2-4-11)15-7-8-16-12-5-6-13-17-9-14(21(24)25)19(13)18-12/h1-6,9,15H,7-8H2,(H,16,18). The summed E-state index contributed by atoms with van der Waals surface area (Å²) >= 11 is 0. The summed E-state index contributed by atoms with van der Waals surface area (Å²) in [7, 11) is 0. The molecule has 0 aliphatic rings. The van der Waals surface area contributed by atoms with Crippen LogP contribution in [0.15, 0.2) is 42.6 Å². The van der Waals surface area contributed by atoms with Gasteiger partial charge in [-0.15, -0.1) is 0 Å². The fourth-order valence-electron chi connectivity index (χ4n) is 2.18. The van der Waals surface area contributed by atoms with Gasteiger partial charge >= 0.3 is 5.82 Å². The highest BCUT2D eigenvalue weighted by Gasteiger charge is 2.15. The number of hydrogen-bond acceptors (Lipinski definition) is 8. The van der Waals surface area contributed by atoms with Gasteiger partial charge in [-0.25, -0.2) is 4.98 Å². The van der Waals surface area contributed by atoms with Crippen molar-refractivity contribution in [2.24, 2.45) is 0 Å². The van der Waals surface area contributed by atoms with Crippen LogP contribution >= 0.6 is 0 Å². The molecule has 2 aromatic heterocycles. The fraction of sp³-hybridized carbons (Fsp3) is 0.143. The minimum Gasteiger partial charge on any atom is -0.383 e. The number of nitrogens with zero attached hydrogens (tertiary/aromatic N) is 5. The maximum atomic E-state index is 10.9. The Morgan fingerprint density at radius 1 is 0.960 bits per heavy atom. The molecule has 0 aliphatic carbocycles. The summed E-state index contributed by atoms with van der Waals surface area (Å²) in [4.78, 5) is 24.4. The quantitative estimate of drug-likeness (QED) is 0.377. The van der Waals surface area contributed by atoms with Crippen molar-refractivity contribution < 1.29 is 9.85 Å². The van der Waals surface area contributed by atoms with Gasteiger partial charge in [0, 0.05) is 37.0 Å². The van der Waals surface area contributed by atoms with Crippen molar-refractivity contribution in [1.29, 1.82) is 0 Å². The van der Waals surface area contributed by atoms with Crippen molar-refractivity contribution in [3.63, 3.8) is 0 Å². The summed E-state index contributed by atoms with van der Waals surface area (Å²) in [5, 5.41) is 31.8. The van der Waals surface area contributed by atoms with Gasteiger partial charge in [-0.05, 0) is 23.1 Å². The fourth-order valence-corrected chi connectivity index (χ4v) is 2.18. The molecule has 2 heterocycles. The molecule has 0 amide bonds. The van der Waals surface area contributed by atoms with Gasteiger partial charge < -0.3 is 20.7 Å². The normalized spacial score (nSPS) is 10.6. The molecule has 0 radical (unpaired) electrons. The third-order valence-corrected chi connectivity index (χ3v) is 3.37. The van der Waals surface area contributed by atoms with Crippen LogP contribution in [0.5, 0.6) is 0 Å². The van der Waals surface area contributed by atoms with E-state index in [1.807, 2.05) is 0 Å². The minimum atomic E-state index is -0.549. The smallest absolute Gasteiger partial charge is 0.368 e. The number of benzene rings is 1.